The third-order valence-electron chi connectivity index (χ3n) is 1.95. The van der Waals surface area contributed by atoms with Gasteiger partial charge in [0.2, 0.25) is 0 Å². The molecule has 0 bridgehead atoms. The van der Waals surface area contributed by atoms with Crippen molar-refractivity contribution in [2.75, 3.05) is 19.1 Å². The zero-order valence-electron chi connectivity index (χ0n) is 8.95. The minimum atomic E-state index is -0.388. The summed E-state index contributed by atoms with van der Waals surface area (Å²) < 4.78 is 9.81. The second-order valence-corrected chi connectivity index (χ2v) is 3.12. The number of ether oxygens (including phenoxy) is 2. The summed E-state index contributed by atoms with van der Waals surface area (Å²) in [6, 6.07) is 5.06. The maximum absolute atomic E-state index is 11.5. The van der Waals surface area contributed by atoms with Crippen molar-refractivity contribution in [3.63, 3.8) is 0 Å². The van der Waals surface area contributed by atoms with Crippen LogP contribution in [-0.4, -0.2) is 19.4 Å². The molecular weight excluding hydrogens is 194 g/mol. The van der Waals surface area contributed by atoms with Gasteiger partial charge in [0, 0.05) is 12.3 Å². The molecule has 0 atom stereocenters. The second-order valence-electron chi connectivity index (χ2n) is 3.12. The number of carbonyl (C=O) groups is 1. The van der Waals surface area contributed by atoms with Crippen LogP contribution in [0.5, 0.6) is 0 Å². The smallest absolute Gasteiger partial charge is 0.340 e. The summed E-state index contributed by atoms with van der Waals surface area (Å²) in [4.78, 5) is 11.5. The van der Waals surface area contributed by atoms with Crippen LogP contribution < -0.4 is 5.73 Å². The molecule has 0 aliphatic heterocycles. The van der Waals surface area contributed by atoms with Gasteiger partial charge in [-0.1, -0.05) is 0 Å². The fraction of sp³-hybridized carbons (Fsp3) is 0.364. The first kappa shape index (κ1) is 11.5. The fourth-order valence-corrected chi connectivity index (χ4v) is 1.17. The van der Waals surface area contributed by atoms with Crippen molar-refractivity contribution in [2.45, 2.75) is 13.8 Å². The molecule has 0 fully saturated rings. The highest BCUT2D eigenvalue weighted by Crippen LogP contribution is 2.13. The van der Waals surface area contributed by atoms with Crippen molar-refractivity contribution in [3.8, 4) is 0 Å². The number of nitrogens with two attached hydrogens (primary N) is 1. The maximum Gasteiger partial charge on any atom is 0.340 e. The van der Waals surface area contributed by atoms with Crippen LogP contribution in [0.15, 0.2) is 18.2 Å². The number of aryl methyl sites for hydroxylation is 1. The van der Waals surface area contributed by atoms with E-state index in [-0.39, 0.29) is 12.8 Å². The Hall–Kier alpha value is -1.55. The largest absolute Gasteiger partial charge is 0.435 e. The summed E-state index contributed by atoms with van der Waals surface area (Å²) in [7, 11) is 0. The average Bonchev–Trinajstić information content (AvgIpc) is 2.17. The molecule has 0 unspecified atom stereocenters. The molecule has 1 aromatic rings. The van der Waals surface area contributed by atoms with Crippen LogP contribution in [0.4, 0.5) is 5.69 Å². The highest BCUT2D eigenvalue weighted by molar-refractivity contribution is 5.91. The second kappa shape index (κ2) is 5.36. The van der Waals surface area contributed by atoms with Gasteiger partial charge in [-0.2, -0.15) is 0 Å². The molecule has 0 aromatic heterocycles. The lowest BCUT2D eigenvalue weighted by Crippen LogP contribution is -2.10. The Bertz CT molecular complexity index is 350. The van der Waals surface area contributed by atoms with Gasteiger partial charge in [-0.3, -0.25) is 0 Å². The lowest BCUT2D eigenvalue weighted by Gasteiger charge is -2.07. The van der Waals surface area contributed by atoms with Gasteiger partial charge in [0.25, 0.3) is 0 Å². The van der Waals surface area contributed by atoms with Gasteiger partial charge in [0.1, 0.15) is 0 Å². The van der Waals surface area contributed by atoms with E-state index >= 15 is 0 Å². The normalized spacial score (nSPS) is 10.0. The van der Waals surface area contributed by atoms with E-state index < -0.39 is 0 Å². The molecule has 0 spiro atoms. The van der Waals surface area contributed by atoms with Crippen molar-refractivity contribution >= 4 is 11.7 Å². The van der Waals surface area contributed by atoms with Crippen LogP contribution in [0.2, 0.25) is 0 Å². The van der Waals surface area contributed by atoms with Crippen LogP contribution in [-0.2, 0) is 9.47 Å². The molecular formula is C11H15NO3. The third-order valence-corrected chi connectivity index (χ3v) is 1.95. The number of hydrogen-bond acceptors (Lipinski definition) is 4. The molecule has 0 aliphatic carbocycles. The van der Waals surface area contributed by atoms with E-state index in [0.717, 1.165) is 5.56 Å². The summed E-state index contributed by atoms with van der Waals surface area (Å²) >= 11 is 0. The first-order chi connectivity index (χ1) is 7.15. The number of rotatable bonds is 4. The van der Waals surface area contributed by atoms with Crippen LogP contribution >= 0.6 is 0 Å². The summed E-state index contributed by atoms with van der Waals surface area (Å²) in [6.45, 7) is 4.16. The van der Waals surface area contributed by atoms with E-state index in [4.69, 9.17) is 15.2 Å². The van der Waals surface area contributed by atoms with Crippen molar-refractivity contribution < 1.29 is 14.3 Å². The Morgan fingerprint density at radius 3 is 2.80 bits per heavy atom. The van der Waals surface area contributed by atoms with Gasteiger partial charge >= 0.3 is 5.97 Å². The number of anilines is 1. The zero-order chi connectivity index (χ0) is 11.3. The van der Waals surface area contributed by atoms with Crippen LogP contribution in [0, 0.1) is 6.92 Å². The molecule has 0 radical (unpaired) electrons. The summed E-state index contributed by atoms with van der Waals surface area (Å²) in [5.41, 5.74) is 7.53. The molecule has 0 saturated heterocycles. The van der Waals surface area contributed by atoms with E-state index in [1.54, 1.807) is 18.2 Å². The van der Waals surface area contributed by atoms with Crippen LogP contribution in [0.25, 0.3) is 0 Å². The lowest BCUT2D eigenvalue weighted by atomic mass is 10.1. The Kier molecular flexibility index (Phi) is 4.12. The molecule has 0 saturated carbocycles. The fourth-order valence-electron chi connectivity index (χ4n) is 1.17. The Morgan fingerprint density at radius 1 is 1.47 bits per heavy atom. The topological polar surface area (TPSA) is 61.5 Å². The minimum absolute atomic E-state index is 0.0147. The number of benzene rings is 1. The van der Waals surface area contributed by atoms with Gasteiger partial charge in [-0.05, 0) is 37.6 Å². The van der Waals surface area contributed by atoms with Crippen LogP contribution in [0.1, 0.15) is 22.8 Å². The van der Waals surface area contributed by atoms with E-state index in [0.29, 0.717) is 17.9 Å². The Labute approximate surface area is 89.0 Å². The molecule has 4 heteroatoms. The molecule has 0 heterocycles. The van der Waals surface area contributed by atoms with Gasteiger partial charge < -0.3 is 15.2 Å². The van der Waals surface area contributed by atoms with Crippen molar-refractivity contribution in [1.29, 1.82) is 0 Å². The number of esters is 1. The molecule has 1 aromatic carbocycles. The number of hydrogen-bond donors (Lipinski definition) is 1. The molecule has 82 valence electrons. The highest BCUT2D eigenvalue weighted by atomic mass is 16.7. The SMILES string of the molecule is CCOCOC(=O)c1ccc(N)cc1C. The summed E-state index contributed by atoms with van der Waals surface area (Å²) in [6.07, 6.45) is 0. The van der Waals surface area contributed by atoms with Crippen molar-refractivity contribution in [3.05, 3.63) is 29.3 Å². The molecule has 2 N–H and O–H groups in total. The quantitative estimate of drug-likeness (QED) is 0.355. The van der Waals surface area contributed by atoms with Gasteiger partial charge in [0.15, 0.2) is 6.79 Å². The highest BCUT2D eigenvalue weighted by Gasteiger charge is 2.09. The van der Waals surface area contributed by atoms with Crippen LogP contribution in [0.3, 0.4) is 0 Å². The summed E-state index contributed by atoms with van der Waals surface area (Å²) in [5.74, 6) is -0.388. The molecule has 1 rings (SSSR count). The minimum Gasteiger partial charge on any atom is -0.435 e. The van der Waals surface area contributed by atoms with Gasteiger partial charge in [-0.25, -0.2) is 4.79 Å². The monoisotopic (exact) mass is 209 g/mol. The van der Waals surface area contributed by atoms with Crippen molar-refractivity contribution in [1.82, 2.24) is 0 Å². The van der Waals surface area contributed by atoms with E-state index in [9.17, 15) is 4.79 Å². The Balaban J connectivity index is 2.65. The van der Waals surface area contributed by atoms with Gasteiger partial charge in [0.05, 0.1) is 5.56 Å². The molecule has 0 aliphatic rings. The van der Waals surface area contributed by atoms with E-state index in [1.807, 2.05) is 13.8 Å². The lowest BCUT2D eigenvalue weighted by molar-refractivity contribution is -0.0275. The predicted molar refractivity (Wildman–Crippen MR) is 57.5 cm³/mol. The maximum atomic E-state index is 11.5. The summed E-state index contributed by atoms with van der Waals surface area (Å²) in [5, 5.41) is 0. The number of carbonyl (C=O) groups excluding carboxylic acids is 1. The van der Waals surface area contributed by atoms with E-state index in [2.05, 4.69) is 0 Å². The predicted octanol–water partition coefficient (Wildman–Crippen LogP) is 1.73. The average molecular weight is 209 g/mol. The zero-order valence-corrected chi connectivity index (χ0v) is 8.95. The number of nitrogen functional groups attached to an aromatic ring is 1. The standard InChI is InChI=1S/C11H15NO3/c1-3-14-7-15-11(13)10-5-4-9(12)6-8(10)2/h4-6H,3,7,12H2,1-2H3. The molecule has 4 nitrogen and oxygen atoms in total. The van der Waals surface area contributed by atoms with Gasteiger partial charge in [-0.15, -0.1) is 0 Å². The first-order valence-electron chi connectivity index (χ1n) is 4.76. The third kappa shape index (κ3) is 3.25. The Morgan fingerprint density at radius 2 is 2.20 bits per heavy atom. The van der Waals surface area contributed by atoms with E-state index in [1.165, 1.54) is 0 Å². The first-order valence-corrected chi connectivity index (χ1v) is 4.76. The molecule has 0 amide bonds. The van der Waals surface area contributed by atoms with Crippen molar-refractivity contribution in [2.24, 2.45) is 0 Å². The molecule has 15 heavy (non-hydrogen) atoms.